The van der Waals surface area contributed by atoms with E-state index in [9.17, 15) is 13.2 Å². The minimum Gasteiger partial charge on any atom is -0.378 e. The molecule has 0 bridgehead atoms. The van der Waals surface area contributed by atoms with Crippen molar-refractivity contribution in [1.82, 2.24) is 10.2 Å². The van der Waals surface area contributed by atoms with Crippen molar-refractivity contribution in [2.75, 3.05) is 32.8 Å². The first-order chi connectivity index (χ1) is 7.94. The van der Waals surface area contributed by atoms with Crippen molar-refractivity contribution in [3.8, 4) is 0 Å². The van der Waals surface area contributed by atoms with E-state index in [1.165, 1.54) is 0 Å². The Balaban J connectivity index is 2.32. The van der Waals surface area contributed by atoms with E-state index in [4.69, 9.17) is 4.74 Å². The molecular weight excluding hydrogens is 233 g/mol. The van der Waals surface area contributed by atoms with Crippen LogP contribution in [0.2, 0.25) is 0 Å². The third kappa shape index (κ3) is 5.23. The van der Waals surface area contributed by atoms with E-state index in [1.807, 2.05) is 6.92 Å². The highest BCUT2D eigenvalue weighted by Crippen LogP contribution is 2.15. The number of rotatable bonds is 5. The number of nitrogens with zero attached hydrogens (tertiary/aromatic N) is 1. The van der Waals surface area contributed by atoms with Crippen LogP contribution >= 0.6 is 0 Å². The van der Waals surface area contributed by atoms with Crippen LogP contribution in [0.3, 0.4) is 0 Å². The SMILES string of the molecule is CCC1COCCN1C(C)CNCC(F)(F)F. The molecule has 0 aliphatic carbocycles. The maximum atomic E-state index is 12.0. The second-order valence-electron chi connectivity index (χ2n) is 4.47. The van der Waals surface area contributed by atoms with Crippen LogP contribution in [0.15, 0.2) is 0 Å². The van der Waals surface area contributed by atoms with Crippen LogP contribution in [-0.2, 0) is 4.74 Å². The van der Waals surface area contributed by atoms with Crippen molar-refractivity contribution in [3.05, 3.63) is 0 Å². The fourth-order valence-electron chi connectivity index (χ4n) is 2.14. The Morgan fingerprint density at radius 1 is 1.47 bits per heavy atom. The maximum Gasteiger partial charge on any atom is 0.401 e. The third-order valence-corrected chi connectivity index (χ3v) is 3.08. The Morgan fingerprint density at radius 3 is 2.76 bits per heavy atom. The molecule has 1 N–H and O–H groups in total. The van der Waals surface area contributed by atoms with Crippen LogP contribution in [0, 0.1) is 0 Å². The Morgan fingerprint density at radius 2 is 2.18 bits per heavy atom. The Labute approximate surface area is 100 Å². The zero-order valence-corrected chi connectivity index (χ0v) is 10.4. The lowest BCUT2D eigenvalue weighted by Gasteiger charge is -2.39. The summed E-state index contributed by atoms with van der Waals surface area (Å²) >= 11 is 0. The van der Waals surface area contributed by atoms with Crippen molar-refractivity contribution < 1.29 is 17.9 Å². The van der Waals surface area contributed by atoms with Crippen LogP contribution in [0.5, 0.6) is 0 Å². The van der Waals surface area contributed by atoms with Gasteiger partial charge < -0.3 is 10.1 Å². The van der Waals surface area contributed by atoms with Gasteiger partial charge in [-0.1, -0.05) is 6.92 Å². The summed E-state index contributed by atoms with van der Waals surface area (Å²) in [6, 6.07) is 0.428. The summed E-state index contributed by atoms with van der Waals surface area (Å²) in [7, 11) is 0. The normalized spacial score (nSPS) is 24.9. The topological polar surface area (TPSA) is 24.5 Å². The molecule has 3 nitrogen and oxygen atoms in total. The number of alkyl halides is 3. The second-order valence-corrected chi connectivity index (χ2v) is 4.47. The standard InChI is InChI=1S/C11H21F3N2O/c1-3-10-7-17-5-4-16(10)9(2)6-15-8-11(12,13)14/h9-10,15H,3-8H2,1-2H3. The van der Waals surface area contributed by atoms with Crippen molar-refractivity contribution in [2.45, 2.75) is 38.5 Å². The highest BCUT2D eigenvalue weighted by Gasteiger charge is 2.29. The van der Waals surface area contributed by atoms with Crippen LogP contribution in [-0.4, -0.2) is 56.0 Å². The summed E-state index contributed by atoms with van der Waals surface area (Å²) in [5, 5.41) is 2.46. The molecule has 6 heteroatoms. The van der Waals surface area contributed by atoms with Crippen LogP contribution in [0.1, 0.15) is 20.3 Å². The van der Waals surface area contributed by atoms with E-state index < -0.39 is 12.7 Å². The van der Waals surface area contributed by atoms with E-state index in [0.717, 1.165) is 13.0 Å². The van der Waals surface area contributed by atoms with Gasteiger partial charge in [0.2, 0.25) is 0 Å². The predicted molar refractivity (Wildman–Crippen MR) is 60.0 cm³/mol. The zero-order valence-electron chi connectivity index (χ0n) is 10.4. The highest BCUT2D eigenvalue weighted by molar-refractivity contribution is 4.80. The molecule has 1 saturated heterocycles. The van der Waals surface area contributed by atoms with E-state index in [1.54, 1.807) is 0 Å². The number of ether oxygens (including phenoxy) is 1. The first-order valence-corrected chi connectivity index (χ1v) is 6.05. The number of nitrogens with one attached hydrogen (secondary N) is 1. The maximum absolute atomic E-state index is 12.0. The molecule has 2 atom stereocenters. The molecule has 0 amide bonds. The molecule has 0 radical (unpaired) electrons. The fourth-order valence-corrected chi connectivity index (χ4v) is 2.14. The average Bonchev–Trinajstić information content (AvgIpc) is 2.27. The minimum absolute atomic E-state index is 0.103. The summed E-state index contributed by atoms with van der Waals surface area (Å²) in [5.41, 5.74) is 0. The molecule has 17 heavy (non-hydrogen) atoms. The van der Waals surface area contributed by atoms with Crippen molar-refractivity contribution >= 4 is 0 Å². The average molecular weight is 254 g/mol. The number of hydrogen-bond acceptors (Lipinski definition) is 3. The van der Waals surface area contributed by atoms with Gasteiger partial charge in [-0.05, 0) is 13.3 Å². The van der Waals surface area contributed by atoms with E-state index in [-0.39, 0.29) is 6.04 Å². The molecule has 0 saturated carbocycles. The van der Waals surface area contributed by atoms with Gasteiger partial charge in [0.25, 0.3) is 0 Å². The summed E-state index contributed by atoms with van der Waals surface area (Å²) in [6.45, 7) is 5.61. The van der Waals surface area contributed by atoms with Gasteiger partial charge in [-0.15, -0.1) is 0 Å². The van der Waals surface area contributed by atoms with Crippen molar-refractivity contribution in [1.29, 1.82) is 0 Å². The lowest BCUT2D eigenvalue weighted by Crippen LogP contribution is -2.52. The summed E-state index contributed by atoms with van der Waals surface area (Å²) < 4.78 is 41.4. The van der Waals surface area contributed by atoms with Gasteiger partial charge >= 0.3 is 6.18 Å². The fraction of sp³-hybridized carbons (Fsp3) is 1.00. The van der Waals surface area contributed by atoms with E-state index >= 15 is 0 Å². The number of morpholine rings is 1. The van der Waals surface area contributed by atoms with Gasteiger partial charge in [0.05, 0.1) is 19.8 Å². The van der Waals surface area contributed by atoms with Crippen molar-refractivity contribution in [3.63, 3.8) is 0 Å². The third-order valence-electron chi connectivity index (χ3n) is 3.08. The largest absolute Gasteiger partial charge is 0.401 e. The Hall–Kier alpha value is -0.330. The number of halogens is 3. The van der Waals surface area contributed by atoms with E-state index in [2.05, 4.69) is 17.1 Å². The highest BCUT2D eigenvalue weighted by atomic mass is 19.4. The minimum atomic E-state index is -4.13. The predicted octanol–water partition coefficient (Wildman–Crippen LogP) is 1.64. The zero-order chi connectivity index (χ0) is 12.9. The molecule has 1 aliphatic heterocycles. The van der Waals surface area contributed by atoms with Gasteiger partial charge in [0.15, 0.2) is 0 Å². The van der Waals surface area contributed by atoms with Gasteiger partial charge in [-0.2, -0.15) is 13.2 Å². The Bertz CT molecular complexity index is 223. The molecule has 0 aromatic carbocycles. The molecule has 0 aromatic rings. The second kappa shape index (κ2) is 6.56. The number of hydrogen-bond donors (Lipinski definition) is 1. The molecular formula is C11H21F3N2O. The van der Waals surface area contributed by atoms with Crippen molar-refractivity contribution in [2.24, 2.45) is 0 Å². The summed E-state index contributed by atoms with van der Waals surface area (Å²) in [5.74, 6) is 0. The molecule has 0 aromatic heterocycles. The van der Waals surface area contributed by atoms with Crippen LogP contribution in [0.4, 0.5) is 13.2 Å². The van der Waals surface area contributed by atoms with Crippen LogP contribution < -0.4 is 5.32 Å². The first-order valence-electron chi connectivity index (χ1n) is 6.05. The first kappa shape index (κ1) is 14.7. The molecule has 0 spiro atoms. The van der Waals surface area contributed by atoms with Crippen LogP contribution in [0.25, 0.3) is 0 Å². The monoisotopic (exact) mass is 254 g/mol. The molecule has 2 unspecified atom stereocenters. The van der Waals surface area contributed by atoms with Gasteiger partial charge in [0, 0.05) is 25.2 Å². The lowest BCUT2D eigenvalue weighted by atomic mass is 10.1. The van der Waals surface area contributed by atoms with Gasteiger partial charge in [0.1, 0.15) is 0 Å². The molecule has 1 fully saturated rings. The Kier molecular flexibility index (Phi) is 5.69. The molecule has 1 heterocycles. The molecule has 1 rings (SSSR count). The smallest absolute Gasteiger partial charge is 0.378 e. The van der Waals surface area contributed by atoms with Gasteiger partial charge in [-0.25, -0.2) is 0 Å². The van der Waals surface area contributed by atoms with E-state index in [0.29, 0.717) is 25.8 Å². The lowest BCUT2D eigenvalue weighted by molar-refractivity contribution is -0.125. The quantitative estimate of drug-likeness (QED) is 0.807. The molecule has 1 aliphatic rings. The molecule has 102 valence electrons. The van der Waals surface area contributed by atoms with Gasteiger partial charge in [-0.3, -0.25) is 4.90 Å². The summed E-state index contributed by atoms with van der Waals surface area (Å²) in [4.78, 5) is 2.23. The summed E-state index contributed by atoms with van der Waals surface area (Å²) in [6.07, 6.45) is -3.17.